The Labute approximate surface area is 214 Å². The number of rotatable bonds is 14. The van der Waals surface area contributed by atoms with E-state index < -0.39 is 6.04 Å². The Morgan fingerprint density at radius 3 is 2.14 bits per heavy atom. The molecule has 35 heavy (non-hydrogen) atoms. The molecule has 0 heterocycles. The van der Waals surface area contributed by atoms with Crippen LogP contribution < -0.4 is 14.8 Å². The monoisotopic (exact) mass is 502 g/mol. The van der Waals surface area contributed by atoms with Crippen molar-refractivity contribution in [3.63, 3.8) is 0 Å². The highest BCUT2D eigenvalue weighted by Crippen LogP contribution is 2.29. The second-order valence-corrected chi connectivity index (χ2v) is 8.97. The summed E-state index contributed by atoms with van der Waals surface area (Å²) in [5, 5.41) is 3.67. The van der Waals surface area contributed by atoms with Crippen LogP contribution in [0.4, 0.5) is 0 Å². The molecule has 0 aliphatic rings. The van der Waals surface area contributed by atoms with E-state index >= 15 is 0 Å². The van der Waals surface area contributed by atoms with Crippen molar-refractivity contribution < 1.29 is 19.1 Å². The molecule has 0 unspecified atom stereocenters. The molecule has 192 valence electrons. The fourth-order valence-corrected chi connectivity index (χ4v) is 3.92. The summed E-state index contributed by atoms with van der Waals surface area (Å²) in [6.45, 7) is 11.2. The zero-order valence-electron chi connectivity index (χ0n) is 21.6. The van der Waals surface area contributed by atoms with Crippen molar-refractivity contribution in [3.8, 4) is 11.5 Å². The standard InChI is InChI=1S/C28H39ClN2O4/c1-6-20(5)30-28(33)24(7-2)31(19-22-10-14-23(29)15-11-22)27(32)17-13-21-12-16-25(34-8-3)26(18-21)35-9-4/h10-12,14-16,18,20,24H,6-9,13,17,19H2,1-5H3,(H,30,33)/t20-,24-/m0/s1. The maximum Gasteiger partial charge on any atom is 0.243 e. The summed E-state index contributed by atoms with van der Waals surface area (Å²) in [7, 11) is 0. The first kappa shape index (κ1) is 28.5. The first-order valence-electron chi connectivity index (χ1n) is 12.6. The molecule has 0 spiro atoms. The minimum atomic E-state index is -0.550. The molecule has 7 heteroatoms. The number of carbonyl (C=O) groups is 2. The highest BCUT2D eigenvalue weighted by Gasteiger charge is 2.29. The van der Waals surface area contributed by atoms with E-state index in [-0.39, 0.29) is 24.3 Å². The minimum absolute atomic E-state index is 0.0462. The van der Waals surface area contributed by atoms with Gasteiger partial charge in [-0.25, -0.2) is 0 Å². The molecule has 0 fully saturated rings. The summed E-state index contributed by atoms with van der Waals surface area (Å²) in [6, 6.07) is 12.6. The summed E-state index contributed by atoms with van der Waals surface area (Å²) < 4.78 is 11.4. The van der Waals surface area contributed by atoms with Crippen LogP contribution in [0.2, 0.25) is 5.02 Å². The number of hydrogen-bond donors (Lipinski definition) is 1. The van der Waals surface area contributed by atoms with Crippen LogP contribution in [0.1, 0.15) is 65.0 Å². The maximum absolute atomic E-state index is 13.5. The van der Waals surface area contributed by atoms with Crippen LogP contribution in [0.25, 0.3) is 0 Å². The highest BCUT2D eigenvalue weighted by atomic mass is 35.5. The van der Waals surface area contributed by atoms with Gasteiger partial charge in [-0.05, 0) is 75.4 Å². The largest absolute Gasteiger partial charge is 0.490 e. The van der Waals surface area contributed by atoms with Gasteiger partial charge in [-0.15, -0.1) is 0 Å². The van der Waals surface area contributed by atoms with Gasteiger partial charge in [0.25, 0.3) is 0 Å². The van der Waals surface area contributed by atoms with E-state index in [1.807, 2.05) is 65.0 Å². The van der Waals surface area contributed by atoms with Crippen LogP contribution in [-0.2, 0) is 22.6 Å². The third-order valence-corrected chi connectivity index (χ3v) is 6.14. The molecule has 0 aliphatic carbocycles. The van der Waals surface area contributed by atoms with Crippen LogP contribution in [0, 0.1) is 0 Å². The van der Waals surface area contributed by atoms with Gasteiger partial charge in [-0.2, -0.15) is 0 Å². The van der Waals surface area contributed by atoms with Crippen LogP contribution in [0.15, 0.2) is 42.5 Å². The van der Waals surface area contributed by atoms with E-state index in [1.165, 1.54) is 0 Å². The molecule has 0 saturated carbocycles. The van der Waals surface area contributed by atoms with E-state index in [1.54, 1.807) is 17.0 Å². The average molecular weight is 503 g/mol. The second kappa shape index (κ2) is 14.6. The van der Waals surface area contributed by atoms with E-state index in [9.17, 15) is 9.59 Å². The zero-order valence-corrected chi connectivity index (χ0v) is 22.4. The van der Waals surface area contributed by atoms with Crippen molar-refractivity contribution in [3.05, 3.63) is 58.6 Å². The fourth-order valence-electron chi connectivity index (χ4n) is 3.79. The number of benzene rings is 2. The summed E-state index contributed by atoms with van der Waals surface area (Å²) >= 11 is 6.04. The molecule has 1 N–H and O–H groups in total. The predicted octanol–water partition coefficient (Wildman–Crippen LogP) is 5.79. The predicted molar refractivity (Wildman–Crippen MR) is 141 cm³/mol. The molecule has 0 saturated heterocycles. The average Bonchev–Trinajstić information content (AvgIpc) is 2.85. The number of hydrogen-bond acceptors (Lipinski definition) is 4. The van der Waals surface area contributed by atoms with Gasteiger partial charge >= 0.3 is 0 Å². The van der Waals surface area contributed by atoms with Crippen molar-refractivity contribution in [2.45, 2.75) is 78.9 Å². The van der Waals surface area contributed by atoms with Crippen molar-refractivity contribution in [1.29, 1.82) is 0 Å². The van der Waals surface area contributed by atoms with Crippen LogP contribution in [0.5, 0.6) is 11.5 Å². The Morgan fingerprint density at radius 2 is 1.54 bits per heavy atom. The van der Waals surface area contributed by atoms with Crippen molar-refractivity contribution >= 4 is 23.4 Å². The lowest BCUT2D eigenvalue weighted by Gasteiger charge is -2.31. The van der Waals surface area contributed by atoms with Gasteiger partial charge in [0, 0.05) is 24.0 Å². The summed E-state index contributed by atoms with van der Waals surface area (Å²) in [5.41, 5.74) is 1.91. The number of carbonyl (C=O) groups excluding carboxylic acids is 2. The Hall–Kier alpha value is -2.73. The molecule has 6 nitrogen and oxygen atoms in total. The molecule has 0 radical (unpaired) electrons. The SMILES string of the molecule is CCOc1ccc(CCC(=O)N(Cc2ccc(Cl)cc2)[C@@H](CC)C(=O)N[C@@H](C)CC)cc1OCC. The molecule has 2 amide bonds. The molecule has 2 rings (SSSR count). The highest BCUT2D eigenvalue weighted by molar-refractivity contribution is 6.30. The lowest BCUT2D eigenvalue weighted by molar-refractivity contribution is -0.141. The Bertz CT molecular complexity index is 948. The molecule has 2 aromatic carbocycles. The maximum atomic E-state index is 13.5. The van der Waals surface area contributed by atoms with Gasteiger partial charge < -0.3 is 19.7 Å². The number of nitrogens with zero attached hydrogens (tertiary/aromatic N) is 1. The Kier molecular flexibility index (Phi) is 11.9. The first-order valence-corrected chi connectivity index (χ1v) is 12.9. The molecule has 0 aliphatic heterocycles. The summed E-state index contributed by atoms with van der Waals surface area (Å²) in [6.07, 6.45) is 2.17. The van der Waals surface area contributed by atoms with Crippen LogP contribution in [-0.4, -0.2) is 42.0 Å². The lowest BCUT2D eigenvalue weighted by atomic mass is 10.1. The van der Waals surface area contributed by atoms with Crippen molar-refractivity contribution in [2.75, 3.05) is 13.2 Å². The van der Waals surface area contributed by atoms with Crippen LogP contribution >= 0.6 is 11.6 Å². The number of nitrogens with one attached hydrogen (secondary N) is 1. The molecule has 0 bridgehead atoms. The Balaban J connectivity index is 2.23. The second-order valence-electron chi connectivity index (χ2n) is 8.54. The Morgan fingerprint density at radius 1 is 0.914 bits per heavy atom. The summed E-state index contributed by atoms with van der Waals surface area (Å²) in [5.74, 6) is 1.18. The van der Waals surface area contributed by atoms with Crippen molar-refractivity contribution in [1.82, 2.24) is 10.2 Å². The van der Waals surface area contributed by atoms with Gasteiger partial charge in [0.2, 0.25) is 11.8 Å². The third-order valence-electron chi connectivity index (χ3n) is 5.89. The topological polar surface area (TPSA) is 67.9 Å². The number of halogens is 1. The van der Waals surface area contributed by atoms with Gasteiger partial charge in [-0.3, -0.25) is 9.59 Å². The summed E-state index contributed by atoms with van der Waals surface area (Å²) in [4.78, 5) is 28.3. The molecule has 0 aromatic heterocycles. The number of amides is 2. The van der Waals surface area contributed by atoms with Crippen molar-refractivity contribution in [2.24, 2.45) is 0 Å². The quantitative estimate of drug-likeness (QED) is 0.355. The third kappa shape index (κ3) is 8.77. The fraction of sp³-hybridized carbons (Fsp3) is 0.500. The van der Waals surface area contributed by atoms with Gasteiger partial charge in [0.1, 0.15) is 6.04 Å². The van der Waals surface area contributed by atoms with Gasteiger partial charge in [0.05, 0.1) is 13.2 Å². The first-order chi connectivity index (χ1) is 16.8. The molecular formula is C28H39ClN2O4. The van der Waals surface area contributed by atoms with Gasteiger partial charge in [-0.1, -0.05) is 43.6 Å². The van der Waals surface area contributed by atoms with E-state index in [2.05, 4.69) is 5.32 Å². The molecule has 2 aromatic rings. The minimum Gasteiger partial charge on any atom is -0.490 e. The van der Waals surface area contributed by atoms with E-state index in [0.717, 1.165) is 17.5 Å². The van der Waals surface area contributed by atoms with E-state index in [0.29, 0.717) is 49.1 Å². The van der Waals surface area contributed by atoms with Gasteiger partial charge in [0.15, 0.2) is 11.5 Å². The zero-order chi connectivity index (χ0) is 25.8. The molecule has 2 atom stereocenters. The lowest BCUT2D eigenvalue weighted by Crippen LogP contribution is -2.50. The smallest absolute Gasteiger partial charge is 0.243 e. The molecular weight excluding hydrogens is 464 g/mol. The number of ether oxygens (including phenoxy) is 2. The van der Waals surface area contributed by atoms with Crippen LogP contribution in [0.3, 0.4) is 0 Å². The van der Waals surface area contributed by atoms with E-state index in [4.69, 9.17) is 21.1 Å². The number of aryl methyl sites for hydroxylation is 1. The normalized spacial score (nSPS) is 12.5.